The van der Waals surface area contributed by atoms with Crippen LogP contribution in [-0.4, -0.2) is 11.0 Å². The number of hydrogen-bond acceptors (Lipinski definition) is 0. The van der Waals surface area contributed by atoms with Gasteiger partial charge in [-0.2, -0.15) is 0 Å². The Morgan fingerprint density at radius 2 is 0.429 bits per heavy atom. The van der Waals surface area contributed by atoms with Gasteiger partial charge >= 0.3 is 0 Å². The summed E-state index contributed by atoms with van der Waals surface area (Å²) in [5.74, 6) is 0. The van der Waals surface area contributed by atoms with Crippen LogP contribution in [0.15, 0.2) is 0 Å². The summed E-state index contributed by atoms with van der Waals surface area (Å²) < 4.78 is 0. The molecular formula is H12CuN4O2-4. The minimum Gasteiger partial charge on any atom is -0.693 e. The second kappa shape index (κ2) is 2240. The van der Waals surface area contributed by atoms with Crippen molar-refractivity contribution in [2.24, 2.45) is 0 Å². The largest absolute Gasteiger partial charge is 0.693 e. The van der Waals surface area contributed by atoms with Gasteiger partial charge in [-0.3, -0.25) is 0 Å². The van der Waals surface area contributed by atoms with Crippen molar-refractivity contribution in [2.75, 3.05) is 0 Å². The van der Waals surface area contributed by atoms with Gasteiger partial charge in [-0.25, -0.2) is 0 Å². The van der Waals surface area contributed by atoms with E-state index in [0.717, 1.165) is 0 Å². The molecule has 0 aromatic heterocycles. The quantitative estimate of drug-likeness (QED) is 0.463. The summed E-state index contributed by atoms with van der Waals surface area (Å²) in [6.45, 7) is 0. The zero-order chi connectivity index (χ0) is 0. The molecule has 0 atom stereocenters. The van der Waals surface area contributed by atoms with Crippen LogP contribution in [0.1, 0.15) is 0 Å². The van der Waals surface area contributed by atoms with Crippen LogP contribution in [0.4, 0.5) is 0 Å². The van der Waals surface area contributed by atoms with E-state index in [1.54, 1.807) is 0 Å². The van der Waals surface area contributed by atoms with Crippen molar-refractivity contribution in [3.8, 4) is 0 Å². The average Bonchev–Trinajstić information content (AvgIpc) is 0. The summed E-state index contributed by atoms with van der Waals surface area (Å²) in [4.78, 5) is 0. The van der Waals surface area contributed by atoms with Gasteiger partial charge in [0.25, 0.3) is 0 Å². The monoisotopic (exact) mass is 163 g/mol. The van der Waals surface area contributed by atoms with Gasteiger partial charge in [-0.15, -0.1) is 0 Å². The minimum absolute atomic E-state index is 0. The van der Waals surface area contributed by atoms with E-state index in [2.05, 4.69) is 0 Å². The molecule has 0 saturated heterocycles. The first kappa shape index (κ1) is 3670. The molecule has 6 nitrogen and oxygen atoms in total. The Hall–Kier alpha value is 0.279. The van der Waals surface area contributed by atoms with Gasteiger partial charge in [0.15, 0.2) is 0 Å². The summed E-state index contributed by atoms with van der Waals surface area (Å²) in [6, 6.07) is 0. The molecule has 0 aliphatic rings. The summed E-state index contributed by atoms with van der Waals surface area (Å²) in [7, 11) is 0. The smallest absolute Gasteiger partial charge is 0 e. The molecule has 0 heterocycles. The molecule has 0 rings (SSSR count). The van der Waals surface area contributed by atoms with Crippen molar-refractivity contribution in [1.82, 2.24) is 0 Å². The Bertz CT molecular complexity index is 9.65. The molecule has 0 spiro atoms. The maximum absolute atomic E-state index is 0. The van der Waals surface area contributed by atoms with Crippen molar-refractivity contribution < 1.29 is 28.0 Å². The maximum atomic E-state index is 0. The Labute approximate surface area is 53.5 Å². The molecule has 0 aliphatic carbocycles. The molecular weight excluding hydrogens is 152 g/mol. The van der Waals surface area contributed by atoms with Crippen LogP contribution in [0.5, 0.6) is 0 Å². The van der Waals surface area contributed by atoms with E-state index in [-0.39, 0.29) is 52.6 Å². The number of nitrogens with two attached hydrogens (primary N) is 4. The Morgan fingerprint density at radius 3 is 0.429 bits per heavy atom. The van der Waals surface area contributed by atoms with Gasteiger partial charge in [0.05, 0.1) is 0 Å². The molecule has 7 heteroatoms. The van der Waals surface area contributed by atoms with E-state index in [9.17, 15) is 0 Å². The third-order valence-electron chi connectivity index (χ3n) is 0. The van der Waals surface area contributed by atoms with Crippen LogP contribution in [0.3, 0.4) is 0 Å². The standard InChI is InChI=1S/Cu.4H2N.2H2O/h;6*1H2/q;4*-1;;. The molecule has 0 amide bonds. The molecule has 1 radical (unpaired) electrons. The first-order chi connectivity index (χ1) is 0. The fraction of sp³-hybridized carbons (Fsp3) is 0. The van der Waals surface area contributed by atoms with Crippen LogP contribution in [0.2, 0.25) is 0 Å². The summed E-state index contributed by atoms with van der Waals surface area (Å²) >= 11 is 0. The topological polar surface area (TPSA) is 197 Å². The van der Waals surface area contributed by atoms with Crippen molar-refractivity contribution in [3.05, 3.63) is 24.6 Å². The predicted molar refractivity (Wildman–Crippen MR) is 28.4 cm³/mol. The van der Waals surface area contributed by atoms with Gasteiger partial charge in [0.2, 0.25) is 0 Å². The van der Waals surface area contributed by atoms with Crippen molar-refractivity contribution in [3.63, 3.8) is 0 Å². The third-order valence-corrected chi connectivity index (χ3v) is 0. The summed E-state index contributed by atoms with van der Waals surface area (Å²) in [6.07, 6.45) is 0. The molecule has 0 aromatic carbocycles. The first-order valence-corrected chi connectivity index (χ1v) is 0. The van der Waals surface area contributed by atoms with Crippen LogP contribution in [-0.2, 0) is 17.1 Å². The number of hydrogen-bond donors (Lipinski definition) is 0. The fourth-order valence-electron chi connectivity index (χ4n) is 0. The van der Waals surface area contributed by atoms with Gasteiger partial charge in [-0.1, -0.05) is 0 Å². The summed E-state index contributed by atoms with van der Waals surface area (Å²) in [5, 5.41) is 0. The van der Waals surface area contributed by atoms with Crippen molar-refractivity contribution in [1.29, 1.82) is 0 Å². The fourth-order valence-corrected chi connectivity index (χ4v) is 0. The molecule has 7 heavy (non-hydrogen) atoms. The molecule has 0 saturated carbocycles. The Kier molecular flexibility index (Phi) is 1180000. The normalized spacial score (nSPS) is 0. The first-order valence-electron chi connectivity index (χ1n) is 0. The maximum Gasteiger partial charge on any atom is 0 e. The van der Waals surface area contributed by atoms with E-state index >= 15 is 0 Å². The predicted octanol–water partition coefficient (Wildman–Crippen LogP) is 1.22. The molecule has 0 fully saturated rings. The number of rotatable bonds is 0. The van der Waals surface area contributed by atoms with E-state index in [0.29, 0.717) is 0 Å². The van der Waals surface area contributed by atoms with Crippen LogP contribution in [0, 0.1) is 0 Å². The van der Waals surface area contributed by atoms with Crippen LogP contribution in [0.25, 0.3) is 24.6 Å². The van der Waals surface area contributed by atoms with E-state index in [4.69, 9.17) is 0 Å². The van der Waals surface area contributed by atoms with Gasteiger partial charge in [0, 0.05) is 17.1 Å². The van der Waals surface area contributed by atoms with Crippen LogP contribution < -0.4 is 0 Å². The Morgan fingerprint density at radius 1 is 0.429 bits per heavy atom. The minimum atomic E-state index is 0. The second-order valence-corrected chi connectivity index (χ2v) is 0. The zero-order valence-electron chi connectivity index (χ0n) is 3.61. The van der Waals surface area contributed by atoms with E-state index < -0.39 is 0 Å². The molecule has 0 unspecified atom stereocenters. The molecule has 0 aliphatic heterocycles. The van der Waals surface area contributed by atoms with Gasteiger partial charge in [-0.05, 0) is 0 Å². The van der Waals surface area contributed by atoms with Gasteiger partial charge in [0.1, 0.15) is 0 Å². The average molecular weight is 164 g/mol. The van der Waals surface area contributed by atoms with E-state index in [1.807, 2.05) is 0 Å². The van der Waals surface area contributed by atoms with Crippen LogP contribution >= 0.6 is 0 Å². The second-order valence-electron chi connectivity index (χ2n) is 0. The van der Waals surface area contributed by atoms with E-state index in [1.165, 1.54) is 0 Å². The molecule has 12 N–H and O–H groups in total. The SMILES string of the molecule is O.O.[Cu].[NH2-].[NH2-].[NH2-].[NH2-]. The molecule has 0 bridgehead atoms. The van der Waals surface area contributed by atoms with Crippen molar-refractivity contribution >= 4 is 0 Å². The van der Waals surface area contributed by atoms with Gasteiger partial charge < -0.3 is 35.6 Å². The zero-order valence-corrected chi connectivity index (χ0v) is 4.55. The molecule has 0 aromatic rings. The molecule has 59 valence electrons. The summed E-state index contributed by atoms with van der Waals surface area (Å²) in [5.41, 5.74) is 0. The third kappa shape index (κ3) is 1470. The Balaban J connectivity index is 0. The van der Waals surface area contributed by atoms with Crippen molar-refractivity contribution in [2.45, 2.75) is 0 Å².